The summed E-state index contributed by atoms with van der Waals surface area (Å²) in [7, 11) is 0. The Kier molecular flexibility index (Phi) is 5.64. The van der Waals surface area contributed by atoms with E-state index in [1.54, 1.807) is 0 Å². The monoisotopic (exact) mass is 224 g/mol. The van der Waals surface area contributed by atoms with Crippen LogP contribution in [-0.4, -0.2) is 25.7 Å². The molecule has 1 aliphatic heterocycles. The molecule has 1 aliphatic carbocycles. The van der Waals surface area contributed by atoms with Crippen LogP contribution >= 0.6 is 0 Å². The predicted molar refractivity (Wildman–Crippen MR) is 69.7 cm³/mol. The van der Waals surface area contributed by atoms with E-state index in [2.05, 4.69) is 10.6 Å². The number of piperidine rings is 1. The van der Waals surface area contributed by atoms with E-state index in [1.807, 2.05) is 0 Å². The highest BCUT2D eigenvalue weighted by molar-refractivity contribution is 4.74. The van der Waals surface area contributed by atoms with Gasteiger partial charge in [0.15, 0.2) is 0 Å². The van der Waals surface area contributed by atoms with Gasteiger partial charge in [-0.3, -0.25) is 0 Å². The van der Waals surface area contributed by atoms with Gasteiger partial charge in [-0.2, -0.15) is 0 Å². The highest BCUT2D eigenvalue weighted by Gasteiger charge is 2.14. The van der Waals surface area contributed by atoms with Crippen molar-refractivity contribution in [2.45, 2.75) is 63.8 Å². The van der Waals surface area contributed by atoms with Crippen LogP contribution in [0.15, 0.2) is 0 Å². The molecule has 0 amide bonds. The van der Waals surface area contributed by atoms with E-state index in [4.69, 9.17) is 0 Å². The molecule has 0 aromatic rings. The Balaban J connectivity index is 1.47. The zero-order chi connectivity index (χ0) is 11.1. The van der Waals surface area contributed by atoms with Crippen LogP contribution in [0.1, 0.15) is 57.8 Å². The molecule has 2 nitrogen and oxygen atoms in total. The zero-order valence-electron chi connectivity index (χ0n) is 10.6. The van der Waals surface area contributed by atoms with Crippen molar-refractivity contribution in [2.24, 2.45) is 5.92 Å². The smallest absolute Gasteiger partial charge is 0.00791 e. The van der Waals surface area contributed by atoms with Gasteiger partial charge in [0.25, 0.3) is 0 Å². The Hall–Kier alpha value is -0.0800. The first-order chi connectivity index (χ1) is 7.95. The zero-order valence-corrected chi connectivity index (χ0v) is 10.6. The highest BCUT2D eigenvalue weighted by atomic mass is 14.9. The summed E-state index contributed by atoms with van der Waals surface area (Å²) in [5.74, 6) is 0.980. The normalized spacial score (nSPS) is 28.1. The van der Waals surface area contributed by atoms with E-state index >= 15 is 0 Å². The van der Waals surface area contributed by atoms with E-state index in [0.29, 0.717) is 0 Å². The predicted octanol–water partition coefficient (Wildman–Crippen LogP) is 2.69. The SMILES string of the molecule is C1CCC(CNCCC2CCCCN2)CC1. The minimum atomic E-state index is 0.799. The maximum atomic E-state index is 3.66. The van der Waals surface area contributed by atoms with Crippen LogP contribution in [-0.2, 0) is 0 Å². The van der Waals surface area contributed by atoms with Gasteiger partial charge in [-0.15, -0.1) is 0 Å². The second-order valence-corrected chi connectivity index (χ2v) is 5.64. The van der Waals surface area contributed by atoms with Crippen LogP contribution in [0, 0.1) is 5.92 Å². The molecule has 0 spiro atoms. The van der Waals surface area contributed by atoms with Gasteiger partial charge in [0, 0.05) is 6.04 Å². The third kappa shape index (κ3) is 4.42. The van der Waals surface area contributed by atoms with Gasteiger partial charge in [0.1, 0.15) is 0 Å². The summed E-state index contributed by atoms with van der Waals surface area (Å²) in [5.41, 5.74) is 0. The molecule has 94 valence electrons. The minimum Gasteiger partial charge on any atom is -0.316 e. The van der Waals surface area contributed by atoms with Crippen molar-refractivity contribution in [3.63, 3.8) is 0 Å². The molecule has 0 bridgehead atoms. The molecule has 0 aromatic carbocycles. The molecule has 2 aliphatic rings. The second-order valence-electron chi connectivity index (χ2n) is 5.64. The fourth-order valence-electron chi connectivity index (χ4n) is 3.14. The summed E-state index contributed by atoms with van der Waals surface area (Å²) in [6.45, 7) is 3.73. The van der Waals surface area contributed by atoms with Gasteiger partial charge in [0.2, 0.25) is 0 Å². The van der Waals surface area contributed by atoms with Crippen molar-refractivity contribution < 1.29 is 0 Å². The lowest BCUT2D eigenvalue weighted by Gasteiger charge is -2.25. The first-order valence-corrected chi connectivity index (χ1v) is 7.39. The van der Waals surface area contributed by atoms with Crippen molar-refractivity contribution in [3.05, 3.63) is 0 Å². The standard InChI is InChI=1S/C14H28N2/c1-2-6-13(7-3-1)12-15-11-9-14-8-4-5-10-16-14/h13-16H,1-12H2. The molecule has 2 N–H and O–H groups in total. The largest absolute Gasteiger partial charge is 0.316 e. The average molecular weight is 224 g/mol. The molecule has 1 heterocycles. The summed E-state index contributed by atoms with van der Waals surface area (Å²) < 4.78 is 0. The first-order valence-electron chi connectivity index (χ1n) is 7.39. The van der Waals surface area contributed by atoms with Gasteiger partial charge < -0.3 is 10.6 Å². The lowest BCUT2D eigenvalue weighted by atomic mass is 9.89. The number of hydrogen-bond donors (Lipinski definition) is 2. The van der Waals surface area contributed by atoms with Crippen molar-refractivity contribution in [1.82, 2.24) is 10.6 Å². The summed E-state index contributed by atoms with van der Waals surface area (Å²) in [5, 5.41) is 7.28. The molecular weight excluding hydrogens is 196 g/mol. The topological polar surface area (TPSA) is 24.1 Å². The summed E-state index contributed by atoms with van der Waals surface area (Å²) >= 11 is 0. The van der Waals surface area contributed by atoms with Gasteiger partial charge in [-0.25, -0.2) is 0 Å². The van der Waals surface area contributed by atoms with Crippen LogP contribution in [0.2, 0.25) is 0 Å². The molecule has 2 fully saturated rings. The Morgan fingerprint density at radius 3 is 2.50 bits per heavy atom. The van der Waals surface area contributed by atoms with Crippen molar-refractivity contribution in [2.75, 3.05) is 19.6 Å². The molecule has 2 heteroatoms. The summed E-state index contributed by atoms with van der Waals surface area (Å²) in [6, 6.07) is 0.799. The Morgan fingerprint density at radius 2 is 1.75 bits per heavy atom. The van der Waals surface area contributed by atoms with Crippen LogP contribution in [0.25, 0.3) is 0 Å². The maximum absolute atomic E-state index is 3.66. The Morgan fingerprint density at radius 1 is 0.938 bits per heavy atom. The fourth-order valence-corrected chi connectivity index (χ4v) is 3.14. The molecule has 1 saturated heterocycles. The first kappa shape index (κ1) is 12.4. The highest BCUT2D eigenvalue weighted by Crippen LogP contribution is 2.22. The third-order valence-electron chi connectivity index (χ3n) is 4.24. The van der Waals surface area contributed by atoms with Crippen molar-refractivity contribution in [3.8, 4) is 0 Å². The third-order valence-corrected chi connectivity index (χ3v) is 4.24. The van der Waals surface area contributed by atoms with Crippen molar-refractivity contribution in [1.29, 1.82) is 0 Å². The van der Waals surface area contributed by atoms with Crippen LogP contribution < -0.4 is 10.6 Å². The minimum absolute atomic E-state index is 0.799. The molecule has 0 radical (unpaired) electrons. The number of hydrogen-bond acceptors (Lipinski definition) is 2. The number of nitrogens with one attached hydrogen (secondary N) is 2. The fraction of sp³-hybridized carbons (Fsp3) is 1.00. The van der Waals surface area contributed by atoms with E-state index in [1.165, 1.54) is 77.4 Å². The van der Waals surface area contributed by atoms with Crippen LogP contribution in [0.4, 0.5) is 0 Å². The average Bonchev–Trinajstić information content (AvgIpc) is 2.37. The number of rotatable bonds is 5. The molecule has 2 rings (SSSR count). The van der Waals surface area contributed by atoms with Gasteiger partial charge in [-0.1, -0.05) is 25.7 Å². The molecule has 0 aromatic heterocycles. The molecule has 16 heavy (non-hydrogen) atoms. The Bertz CT molecular complexity index is 150. The molecular formula is C14H28N2. The van der Waals surface area contributed by atoms with E-state index in [0.717, 1.165) is 12.0 Å². The lowest BCUT2D eigenvalue weighted by Crippen LogP contribution is -2.37. The molecule has 1 atom stereocenters. The van der Waals surface area contributed by atoms with Gasteiger partial charge in [-0.05, 0) is 57.7 Å². The maximum Gasteiger partial charge on any atom is 0.00791 e. The second kappa shape index (κ2) is 7.29. The molecule has 1 saturated carbocycles. The molecule has 1 unspecified atom stereocenters. The van der Waals surface area contributed by atoms with Crippen LogP contribution in [0.3, 0.4) is 0 Å². The lowest BCUT2D eigenvalue weighted by molar-refractivity contribution is 0.330. The van der Waals surface area contributed by atoms with Crippen molar-refractivity contribution >= 4 is 0 Å². The van der Waals surface area contributed by atoms with E-state index in [9.17, 15) is 0 Å². The summed E-state index contributed by atoms with van der Waals surface area (Å²) in [4.78, 5) is 0. The Labute approximate surface area is 101 Å². The quantitative estimate of drug-likeness (QED) is 0.702. The van der Waals surface area contributed by atoms with Gasteiger partial charge >= 0.3 is 0 Å². The summed E-state index contributed by atoms with van der Waals surface area (Å²) in [6.07, 6.45) is 12.9. The van der Waals surface area contributed by atoms with Gasteiger partial charge in [0.05, 0.1) is 0 Å². The van der Waals surface area contributed by atoms with E-state index in [-0.39, 0.29) is 0 Å². The van der Waals surface area contributed by atoms with E-state index < -0.39 is 0 Å². The van der Waals surface area contributed by atoms with Crippen LogP contribution in [0.5, 0.6) is 0 Å².